The van der Waals surface area contributed by atoms with E-state index in [0.717, 1.165) is 45.8 Å². The first-order valence-electron chi connectivity index (χ1n) is 9.76. The molecule has 0 bridgehead atoms. The molecule has 0 saturated carbocycles. The third kappa shape index (κ3) is 5.54. The second-order valence-electron chi connectivity index (χ2n) is 7.34. The Morgan fingerprint density at radius 1 is 1.24 bits per heavy atom. The summed E-state index contributed by atoms with van der Waals surface area (Å²) in [4.78, 5) is 28.7. The maximum atomic E-state index is 12.3. The van der Waals surface area contributed by atoms with E-state index in [9.17, 15) is 9.59 Å². The number of rotatable bonds is 7. The Hall–Kier alpha value is -1.40. The topological polar surface area (TPSA) is 61.9 Å². The van der Waals surface area contributed by atoms with Crippen LogP contribution in [0.2, 0.25) is 0 Å². The van der Waals surface area contributed by atoms with Gasteiger partial charge in [0.2, 0.25) is 11.8 Å². The number of allylic oxidation sites excluding steroid dienone is 1. The van der Waals surface area contributed by atoms with Gasteiger partial charge in [0.25, 0.3) is 0 Å². The van der Waals surface area contributed by atoms with E-state index >= 15 is 0 Å². The molecule has 3 aliphatic rings. The zero-order chi connectivity index (χ0) is 17.5. The lowest BCUT2D eigenvalue weighted by Crippen LogP contribution is -2.42. The van der Waals surface area contributed by atoms with Gasteiger partial charge in [-0.2, -0.15) is 0 Å². The second kappa shape index (κ2) is 9.34. The number of nitrogens with one attached hydrogen (secondary N) is 1. The molecule has 6 heteroatoms. The molecular weight excluding hydrogens is 318 g/mol. The van der Waals surface area contributed by atoms with Crippen LogP contribution >= 0.6 is 0 Å². The SMILES string of the molecule is O=C(NCCC1=CCCCC1)C1CC(=O)N(CCN2CCOCC2)C1. The van der Waals surface area contributed by atoms with Crippen molar-refractivity contribution in [1.29, 1.82) is 0 Å². The number of nitrogens with zero attached hydrogens (tertiary/aromatic N) is 2. The van der Waals surface area contributed by atoms with E-state index in [-0.39, 0.29) is 17.7 Å². The maximum absolute atomic E-state index is 12.3. The van der Waals surface area contributed by atoms with Crippen molar-refractivity contribution in [2.75, 3.05) is 52.5 Å². The minimum atomic E-state index is -0.183. The minimum Gasteiger partial charge on any atom is -0.379 e. The van der Waals surface area contributed by atoms with Crippen molar-refractivity contribution in [3.05, 3.63) is 11.6 Å². The average molecular weight is 349 g/mol. The fraction of sp³-hybridized carbons (Fsp3) is 0.789. The lowest BCUT2D eigenvalue weighted by atomic mass is 9.97. The summed E-state index contributed by atoms with van der Waals surface area (Å²) in [7, 11) is 0. The molecule has 2 saturated heterocycles. The van der Waals surface area contributed by atoms with E-state index in [2.05, 4.69) is 16.3 Å². The number of amides is 2. The summed E-state index contributed by atoms with van der Waals surface area (Å²) in [5.74, 6) is -0.0282. The smallest absolute Gasteiger partial charge is 0.225 e. The Morgan fingerprint density at radius 2 is 2.08 bits per heavy atom. The molecule has 0 spiro atoms. The van der Waals surface area contributed by atoms with E-state index in [1.807, 2.05) is 4.90 Å². The number of carbonyl (C=O) groups excluding carboxylic acids is 2. The van der Waals surface area contributed by atoms with Gasteiger partial charge in [-0.05, 0) is 32.1 Å². The van der Waals surface area contributed by atoms with Crippen LogP contribution in [0.1, 0.15) is 38.5 Å². The molecule has 25 heavy (non-hydrogen) atoms. The lowest BCUT2D eigenvalue weighted by molar-refractivity contribution is -0.129. The highest BCUT2D eigenvalue weighted by molar-refractivity contribution is 5.89. The molecule has 0 radical (unpaired) electrons. The van der Waals surface area contributed by atoms with Gasteiger partial charge in [-0.15, -0.1) is 0 Å². The Bertz CT molecular complexity index is 500. The zero-order valence-electron chi connectivity index (χ0n) is 15.2. The monoisotopic (exact) mass is 349 g/mol. The maximum Gasteiger partial charge on any atom is 0.225 e. The fourth-order valence-corrected chi connectivity index (χ4v) is 3.87. The van der Waals surface area contributed by atoms with Gasteiger partial charge in [-0.3, -0.25) is 14.5 Å². The Balaban J connectivity index is 1.35. The Kier molecular flexibility index (Phi) is 6.87. The van der Waals surface area contributed by atoms with Gasteiger partial charge in [0.05, 0.1) is 19.1 Å². The molecule has 1 aliphatic carbocycles. The van der Waals surface area contributed by atoms with E-state index in [1.54, 1.807) is 0 Å². The molecule has 0 aromatic rings. The van der Waals surface area contributed by atoms with Crippen molar-refractivity contribution in [3.8, 4) is 0 Å². The summed E-state index contributed by atoms with van der Waals surface area (Å²) < 4.78 is 5.34. The third-order valence-electron chi connectivity index (χ3n) is 5.51. The average Bonchev–Trinajstić information content (AvgIpc) is 3.02. The van der Waals surface area contributed by atoms with Crippen molar-refractivity contribution in [2.45, 2.75) is 38.5 Å². The minimum absolute atomic E-state index is 0.0404. The number of hydrogen-bond donors (Lipinski definition) is 1. The molecular formula is C19H31N3O3. The first kappa shape index (κ1) is 18.4. The Labute approximate surface area is 150 Å². The van der Waals surface area contributed by atoms with Crippen LogP contribution in [0.3, 0.4) is 0 Å². The molecule has 2 heterocycles. The molecule has 1 atom stereocenters. The van der Waals surface area contributed by atoms with Gasteiger partial charge in [0.15, 0.2) is 0 Å². The van der Waals surface area contributed by atoms with Crippen LogP contribution in [-0.2, 0) is 14.3 Å². The van der Waals surface area contributed by atoms with Crippen molar-refractivity contribution in [1.82, 2.24) is 15.1 Å². The normalized spacial score (nSPS) is 25.1. The number of carbonyl (C=O) groups is 2. The summed E-state index contributed by atoms with van der Waals surface area (Å²) in [6, 6.07) is 0. The van der Waals surface area contributed by atoms with Gasteiger partial charge in [-0.25, -0.2) is 0 Å². The predicted molar refractivity (Wildman–Crippen MR) is 96.1 cm³/mol. The summed E-state index contributed by atoms with van der Waals surface area (Å²) in [5, 5.41) is 3.03. The molecule has 2 fully saturated rings. The number of morpholine rings is 1. The summed E-state index contributed by atoms with van der Waals surface area (Å²) in [6.45, 7) is 6.27. The molecule has 2 amide bonds. The fourth-order valence-electron chi connectivity index (χ4n) is 3.87. The summed E-state index contributed by atoms with van der Waals surface area (Å²) in [6.07, 6.45) is 8.55. The first-order valence-corrected chi connectivity index (χ1v) is 9.76. The molecule has 2 aliphatic heterocycles. The van der Waals surface area contributed by atoms with Crippen LogP contribution in [0.4, 0.5) is 0 Å². The van der Waals surface area contributed by atoms with Crippen LogP contribution in [0.25, 0.3) is 0 Å². The number of ether oxygens (including phenoxy) is 1. The van der Waals surface area contributed by atoms with Crippen molar-refractivity contribution < 1.29 is 14.3 Å². The van der Waals surface area contributed by atoms with Crippen LogP contribution in [0.15, 0.2) is 11.6 Å². The molecule has 0 aromatic heterocycles. The number of likely N-dealkylation sites (tertiary alicyclic amines) is 1. The largest absolute Gasteiger partial charge is 0.379 e. The molecule has 6 nitrogen and oxygen atoms in total. The molecule has 140 valence electrons. The van der Waals surface area contributed by atoms with Gasteiger partial charge in [0.1, 0.15) is 0 Å². The van der Waals surface area contributed by atoms with Gasteiger partial charge < -0.3 is 15.0 Å². The van der Waals surface area contributed by atoms with Gasteiger partial charge in [-0.1, -0.05) is 11.6 Å². The van der Waals surface area contributed by atoms with Crippen LogP contribution in [0.5, 0.6) is 0 Å². The standard InChI is InChI=1S/C19H31N3O3/c23-18-14-17(15-22(18)9-8-21-10-12-25-13-11-21)19(24)20-7-6-16-4-2-1-3-5-16/h4,17H,1-3,5-15H2,(H,20,24). The first-order chi connectivity index (χ1) is 12.2. The van der Waals surface area contributed by atoms with Crippen LogP contribution < -0.4 is 5.32 Å². The summed E-state index contributed by atoms with van der Waals surface area (Å²) >= 11 is 0. The lowest BCUT2D eigenvalue weighted by Gasteiger charge is -2.28. The van der Waals surface area contributed by atoms with Crippen molar-refractivity contribution in [2.24, 2.45) is 5.92 Å². The highest BCUT2D eigenvalue weighted by Gasteiger charge is 2.34. The molecule has 0 aromatic carbocycles. The van der Waals surface area contributed by atoms with Crippen molar-refractivity contribution in [3.63, 3.8) is 0 Å². The third-order valence-corrected chi connectivity index (χ3v) is 5.51. The van der Waals surface area contributed by atoms with E-state index < -0.39 is 0 Å². The van der Waals surface area contributed by atoms with E-state index in [4.69, 9.17) is 4.74 Å². The highest BCUT2D eigenvalue weighted by Crippen LogP contribution is 2.20. The highest BCUT2D eigenvalue weighted by atomic mass is 16.5. The van der Waals surface area contributed by atoms with Crippen molar-refractivity contribution >= 4 is 11.8 Å². The van der Waals surface area contributed by atoms with Gasteiger partial charge >= 0.3 is 0 Å². The molecule has 1 N–H and O–H groups in total. The van der Waals surface area contributed by atoms with E-state index in [0.29, 0.717) is 19.5 Å². The predicted octanol–water partition coefficient (Wildman–Crippen LogP) is 1.17. The summed E-state index contributed by atoms with van der Waals surface area (Å²) in [5.41, 5.74) is 1.47. The second-order valence-corrected chi connectivity index (χ2v) is 7.34. The molecule has 1 unspecified atom stereocenters. The Morgan fingerprint density at radius 3 is 2.84 bits per heavy atom. The quantitative estimate of drug-likeness (QED) is 0.701. The van der Waals surface area contributed by atoms with Crippen LogP contribution in [0, 0.1) is 5.92 Å². The van der Waals surface area contributed by atoms with Gasteiger partial charge in [0, 0.05) is 45.7 Å². The number of hydrogen-bond acceptors (Lipinski definition) is 4. The zero-order valence-corrected chi connectivity index (χ0v) is 15.2. The van der Waals surface area contributed by atoms with Crippen LogP contribution in [-0.4, -0.2) is 74.1 Å². The van der Waals surface area contributed by atoms with E-state index in [1.165, 1.54) is 31.3 Å². The molecule has 3 rings (SSSR count).